The van der Waals surface area contributed by atoms with Crippen LogP contribution in [-0.2, 0) is 9.59 Å². The van der Waals surface area contributed by atoms with Gasteiger partial charge in [-0.15, -0.1) is 0 Å². The third-order valence-electron chi connectivity index (χ3n) is 4.25. The molecule has 1 aliphatic heterocycles. The topological polar surface area (TPSA) is 61.4 Å². The van der Waals surface area contributed by atoms with E-state index in [1.54, 1.807) is 18.2 Å². The maximum absolute atomic E-state index is 12.1. The van der Waals surface area contributed by atoms with Crippen LogP contribution in [0, 0.1) is 6.92 Å². The smallest absolute Gasteiger partial charge is 0.314 e. The van der Waals surface area contributed by atoms with Crippen molar-refractivity contribution in [2.24, 2.45) is 0 Å². The van der Waals surface area contributed by atoms with Crippen LogP contribution in [0.4, 0.5) is 17.1 Å². The number of benzene rings is 2. The Hall–Kier alpha value is -2.53. The summed E-state index contributed by atoms with van der Waals surface area (Å²) in [5.41, 5.74) is 3.08. The van der Waals surface area contributed by atoms with Gasteiger partial charge in [-0.25, -0.2) is 0 Å². The summed E-state index contributed by atoms with van der Waals surface area (Å²) in [6, 6.07) is 12.7. The third kappa shape index (κ3) is 4.31. The standard InChI is InChI=1S/C19H20ClN3O2/c1-13-4-5-14(20)12-17(13)22-19(25)18(24)21-15-6-8-16(9-7-15)23-10-2-3-11-23/h4-9,12H,2-3,10-11H2,1H3,(H,21,24)(H,22,25). The van der Waals surface area contributed by atoms with Crippen molar-refractivity contribution in [2.75, 3.05) is 28.6 Å². The normalized spacial score (nSPS) is 13.6. The molecule has 1 fully saturated rings. The Morgan fingerprint density at radius 1 is 0.960 bits per heavy atom. The first-order valence-corrected chi connectivity index (χ1v) is 8.64. The molecule has 6 heteroatoms. The highest BCUT2D eigenvalue weighted by Crippen LogP contribution is 2.22. The molecule has 5 nitrogen and oxygen atoms in total. The summed E-state index contributed by atoms with van der Waals surface area (Å²) in [6.45, 7) is 3.96. The second-order valence-corrected chi connectivity index (χ2v) is 6.54. The van der Waals surface area contributed by atoms with Crippen molar-refractivity contribution in [1.82, 2.24) is 0 Å². The van der Waals surface area contributed by atoms with E-state index in [-0.39, 0.29) is 0 Å². The van der Waals surface area contributed by atoms with Gasteiger partial charge in [0.15, 0.2) is 0 Å². The van der Waals surface area contributed by atoms with Gasteiger partial charge < -0.3 is 15.5 Å². The number of rotatable bonds is 3. The van der Waals surface area contributed by atoms with Gasteiger partial charge in [-0.05, 0) is 61.7 Å². The molecule has 130 valence electrons. The fourth-order valence-electron chi connectivity index (χ4n) is 2.83. The molecule has 0 bridgehead atoms. The van der Waals surface area contributed by atoms with E-state index in [4.69, 9.17) is 11.6 Å². The van der Waals surface area contributed by atoms with E-state index in [1.807, 2.05) is 31.2 Å². The molecule has 2 aromatic rings. The second-order valence-electron chi connectivity index (χ2n) is 6.11. The molecule has 1 aliphatic rings. The number of carbonyl (C=O) groups excluding carboxylic acids is 2. The number of aryl methyl sites for hydroxylation is 1. The number of halogens is 1. The minimum atomic E-state index is -0.728. The van der Waals surface area contributed by atoms with Crippen LogP contribution in [0.2, 0.25) is 5.02 Å². The van der Waals surface area contributed by atoms with Crippen LogP contribution in [0.15, 0.2) is 42.5 Å². The maximum Gasteiger partial charge on any atom is 0.314 e. The Kier molecular flexibility index (Phi) is 5.24. The first kappa shape index (κ1) is 17.3. The predicted octanol–water partition coefficient (Wildman–Crippen LogP) is 3.83. The summed E-state index contributed by atoms with van der Waals surface area (Å²) in [4.78, 5) is 26.5. The van der Waals surface area contributed by atoms with Crippen molar-refractivity contribution >= 4 is 40.5 Å². The monoisotopic (exact) mass is 357 g/mol. The lowest BCUT2D eigenvalue weighted by molar-refractivity contribution is -0.133. The molecule has 0 saturated carbocycles. The van der Waals surface area contributed by atoms with Gasteiger partial charge in [0.05, 0.1) is 0 Å². The second kappa shape index (κ2) is 7.57. The average Bonchev–Trinajstić information content (AvgIpc) is 3.13. The van der Waals surface area contributed by atoms with Gasteiger partial charge >= 0.3 is 11.8 Å². The van der Waals surface area contributed by atoms with Gasteiger partial charge in [0.25, 0.3) is 0 Å². The number of nitrogens with one attached hydrogen (secondary N) is 2. The van der Waals surface area contributed by atoms with E-state index < -0.39 is 11.8 Å². The largest absolute Gasteiger partial charge is 0.372 e. The highest BCUT2D eigenvalue weighted by molar-refractivity contribution is 6.43. The zero-order chi connectivity index (χ0) is 17.8. The fourth-order valence-corrected chi connectivity index (χ4v) is 3.00. The van der Waals surface area contributed by atoms with Gasteiger partial charge in [-0.1, -0.05) is 17.7 Å². The van der Waals surface area contributed by atoms with E-state index in [1.165, 1.54) is 12.8 Å². The molecule has 0 unspecified atom stereocenters. The van der Waals surface area contributed by atoms with Gasteiger partial charge in [0.2, 0.25) is 0 Å². The minimum absolute atomic E-state index is 0.499. The van der Waals surface area contributed by atoms with Gasteiger partial charge in [-0.3, -0.25) is 9.59 Å². The Morgan fingerprint density at radius 2 is 1.60 bits per heavy atom. The fraction of sp³-hybridized carbons (Fsp3) is 0.263. The Balaban J connectivity index is 1.61. The molecule has 1 saturated heterocycles. The summed E-state index contributed by atoms with van der Waals surface area (Å²) < 4.78 is 0. The zero-order valence-corrected chi connectivity index (χ0v) is 14.8. The van der Waals surface area contributed by atoms with Crippen molar-refractivity contribution in [2.45, 2.75) is 19.8 Å². The number of hydrogen-bond donors (Lipinski definition) is 2. The highest BCUT2D eigenvalue weighted by atomic mass is 35.5. The van der Waals surface area contributed by atoms with Crippen LogP contribution in [0.1, 0.15) is 18.4 Å². The molecule has 0 aromatic heterocycles. The predicted molar refractivity (Wildman–Crippen MR) is 101 cm³/mol. The molecular weight excluding hydrogens is 338 g/mol. The molecule has 1 heterocycles. The SMILES string of the molecule is Cc1ccc(Cl)cc1NC(=O)C(=O)Nc1ccc(N2CCCC2)cc1. The van der Waals surface area contributed by atoms with E-state index in [0.29, 0.717) is 16.4 Å². The maximum atomic E-state index is 12.1. The lowest BCUT2D eigenvalue weighted by Gasteiger charge is -2.17. The first-order valence-electron chi connectivity index (χ1n) is 8.26. The average molecular weight is 358 g/mol. The van der Waals surface area contributed by atoms with Crippen molar-refractivity contribution < 1.29 is 9.59 Å². The molecule has 2 N–H and O–H groups in total. The number of amides is 2. The zero-order valence-electron chi connectivity index (χ0n) is 14.0. The lowest BCUT2D eigenvalue weighted by atomic mass is 10.2. The molecule has 2 amide bonds. The van der Waals surface area contributed by atoms with Crippen molar-refractivity contribution in [1.29, 1.82) is 0 Å². The molecule has 0 aliphatic carbocycles. The molecule has 25 heavy (non-hydrogen) atoms. The molecular formula is C19H20ClN3O2. The van der Waals surface area contributed by atoms with E-state index >= 15 is 0 Å². The summed E-state index contributed by atoms with van der Waals surface area (Å²) in [6.07, 6.45) is 2.42. The highest BCUT2D eigenvalue weighted by Gasteiger charge is 2.16. The number of nitrogens with zero attached hydrogens (tertiary/aromatic N) is 1. The number of hydrogen-bond acceptors (Lipinski definition) is 3. The van der Waals surface area contributed by atoms with Crippen molar-refractivity contribution in [3.05, 3.63) is 53.1 Å². The van der Waals surface area contributed by atoms with Crippen LogP contribution in [0.3, 0.4) is 0 Å². The summed E-state index contributed by atoms with van der Waals surface area (Å²) in [7, 11) is 0. The Morgan fingerprint density at radius 3 is 2.28 bits per heavy atom. The van der Waals surface area contributed by atoms with Gasteiger partial charge in [-0.2, -0.15) is 0 Å². The quantitative estimate of drug-likeness (QED) is 0.821. The molecule has 0 atom stereocenters. The van der Waals surface area contributed by atoms with E-state index in [0.717, 1.165) is 24.3 Å². The van der Waals surface area contributed by atoms with E-state index in [2.05, 4.69) is 15.5 Å². The molecule has 2 aromatic carbocycles. The van der Waals surface area contributed by atoms with Crippen LogP contribution in [0.5, 0.6) is 0 Å². The third-order valence-corrected chi connectivity index (χ3v) is 4.49. The summed E-state index contributed by atoms with van der Waals surface area (Å²) >= 11 is 5.92. The Bertz CT molecular complexity index is 784. The minimum Gasteiger partial charge on any atom is -0.372 e. The van der Waals surface area contributed by atoms with Crippen LogP contribution >= 0.6 is 11.6 Å². The van der Waals surface area contributed by atoms with Gasteiger partial charge in [0, 0.05) is 35.2 Å². The molecule has 3 rings (SSSR count). The molecule has 0 spiro atoms. The number of anilines is 3. The molecule has 0 radical (unpaired) electrons. The lowest BCUT2D eigenvalue weighted by Crippen LogP contribution is -2.29. The number of carbonyl (C=O) groups is 2. The van der Waals surface area contributed by atoms with Crippen molar-refractivity contribution in [3.8, 4) is 0 Å². The Labute approximate surface area is 152 Å². The summed E-state index contributed by atoms with van der Waals surface area (Å²) in [5.74, 6) is -1.44. The van der Waals surface area contributed by atoms with Gasteiger partial charge in [0.1, 0.15) is 0 Å². The first-order chi connectivity index (χ1) is 12.0. The van der Waals surface area contributed by atoms with Crippen LogP contribution < -0.4 is 15.5 Å². The van der Waals surface area contributed by atoms with Crippen molar-refractivity contribution in [3.63, 3.8) is 0 Å². The van der Waals surface area contributed by atoms with Crippen LogP contribution in [0.25, 0.3) is 0 Å². The summed E-state index contributed by atoms with van der Waals surface area (Å²) in [5, 5.41) is 5.69. The van der Waals surface area contributed by atoms with Crippen LogP contribution in [-0.4, -0.2) is 24.9 Å². The van der Waals surface area contributed by atoms with E-state index in [9.17, 15) is 9.59 Å².